The third-order valence-corrected chi connectivity index (χ3v) is 3.00. The first-order valence-corrected chi connectivity index (χ1v) is 4.77. The molecule has 0 atom stereocenters. The highest BCUT2D eigenvalue weighted by Gasteiger charge is 2.10. The Bertz CT molecular complexity index is 411. The van der Waals surface area contributed by atoms with Gasteiger partial charge in [-0.05, 0) is 18.6 Å². The van der Waals surface area contributed by atoms with Crippen LogP contribution in [-0.4, -0.2) is 4.98 Å². The summed E-state index contributed by atoms with van der Waals surface area (Å²) in [4.78, 5) is 4.00. The molecule has 0 radical (unpaired) electrons. The summed E-state index contributed by atoms with van der Waals surface area (Å²) in [6.07, 6.45) is 0.707. The van der Waals surface area contributed by atoms with E-state index >= 15 is 0 Å². The summed E-state index contributed by atoms with van der Waals surface area (Å²) in [5.41, 5.74) is 0.154. The summed E-state index contributed by atoms with van der Waals surface area (Å²) >= 11 is 1.21. The molecule has 0 bridgehead atoms. The SMILES string of the molecule is CCc1nc2c(F)ccc(F)c2s1. The Labute approximate surface area is 78.0 Å². The van der Waals surface area contributed by atoms with Gasteiger partial charge < -0.3 is 0 Å². The zero-order valence-corrected chi connectivity index (χ0v) is 7.79. The van der Waals surface area contributed by atoms with E-state index in [2.05, 4.69) is 4.98 Å². The highest BCUT2D eigenvalue weighted by atomic mass is 32.1. The molecule has 1 heterocycles. The third-order valence-electron chi connectivity index (χ3n) is 1.79. The van der Waals surface area contributed by atoms with Crippen molar-refractivity contribution in [1.82, 2.24) is 4.98 Å². The molecule has 13 heavy (non-hydrogen) atoms. The molecule has 2 aromatic rings. The number of halogens is 2. The largest absolute Gasteiger partial charge is 0.238 e. The highest BCUT2D eigenvalue weighted by molar-refractivity contribution is 7.18. The number of nitrogens with zero attached hydrogens (tertiary/aromatic N) is 1. The summed E-state index contributed by atoms with van der Waals surface area (Å²) in [5, 5.41) is 0.763. The average Bonchev–Trinajstić information content (AvgIpc) is 2.56. The predicted molar refractivity (Wildman–Crippen MR) is 48.9 cm³/mol. The van der Waals surface area contributed by atoms with Crippen molar-refractivity contribution in [2.24, 2.45) is 0 Å². The number of thiazole rings is 1. The van der Waals surface area contributed by atoms with Gasteiger partial charge in [0.05, 0.1) is 9.71 Å². The maximum absolute atomic E-state index is 13.1. The molecule has 0 N–H and O–H groups in total. The van der Waals surface area contributed by atoms with Gasteiger partial charge in [0.15, 0.2) is 5.82 Å². The van der Waals surface area contributed by atoms with Crippen LogP contribution in [0.25, 0.3) is 10.2 Å². The van der Waals surface area contributed by atoms with Gasteiger partial charge in [-0.15, -0.1) is 11.3 Å². The molecule has 1 aromatic heterocycles. The van der Waals surface area contributed by atoms with E-state index in [0.29, 0.717) is 11.1 Å². The molecule has 0 spiro atoms. The van der Waals surface area contributed by atoms with Crippen molar-refractivity contribution in [3.8, 4) is 0 Å². The van der Waals surface area contributed by atoms with Crippen LogP contribution in [0.15, 0.2) is 12.1 Å². The second-order valence-corrected chi connectivity index (χ2v) is 3.75. The number of rotatable bonds is 1. The van der Waals surface area contributed by atoms with Crippen LogP contribution >= 0.6 is 11.3 Å². The van der Waals surface area contributed by atoms with Gasteiger partial charge >= 0.3 is 0 Å². The topological polar surface area (TPSA) is 12.9 Å². The van der Waals surface area contributed by atoms with Crippen molar-refractivity contribution < 1.29 is 8.78 Å². The molecule has 68 valence electrons. The van der Waals surface area contributed by atoms with Gasteiger partial charge in [-0.1, -0.05) is 6.92 Å². The maximum Gasteiger partial charge on any atom is 0.150 e. The molecule has 0 aliphatic rings. The van der Waals surface area contributed by atoms with E-state index in [0.717, 1.165) is 17.1 Å². The molecular weight excluding hydrogens is 192 g/mol. The molecule has 0 amide bonds. The van der Waals surface area contributed by atoms with Crippen LogP contribution in [0.1, 0.15) is 11.9 Å². The fraction of sp³-hybridized carbons (Fsp3) is 0.222. The Kier molecular flexibility index (Phi) is 2.00. The zero-order chi connectivity index (χ0) is 9.42. The smallest absolute Gasteiger partial charge is 0.150 e. The van der Waals surface area contributed by atoms with Gasteiger partial charge in [-0.3, -0.25) is 0 Å². The minimum Gasteiger partial charge on any atom is -0.238 e. The number of hydrogen-bond acceptors (Lipinski definition) is 2. The predicted octanol–water partition coefficient (Wildman–Crippen LogP) is 3.14. The lowest BCUT2D eigenvalue weighted by Gasteiger charge is -1.90. The number of fused-ring (bicyclic) bond motifs is 1. The summed E-state index contributed by atoms with van der Waals surface area (Å²) < 4.78 is 26.5. The van der Waals surface area contributed by atoms with E-state index < -0.39 is 11.6 Å². The molecule has 2 rings (SSSR count). The molecule has 0 unspecified atom stereocenters. The monoisotopic (exact) mass is 199 g/mol. The maximum atomic E-state index is 13.1. The fourth-order valence-electron chi connectivity index (χ4n) is 1.14. The van der Waals surface area contributed by atoms with Crippen LogP contribution in [0.2, 0.25) is 0 Å². The van der Waals surface area contributed by atoms with Crippen LogP contribution in [0.4, 0.5) is 8.78 Å². The molecule has 4 heteroatoms. The van der Waals surface area contributed by atoms with E-state index in [1.807, 2.05) is 6.92 Å². The molecule has 0 saturated heterocycles. The normalized spacial score (nSPS) is 11.0. The van der Waals surface area contributed by atoms with Crippen molar-refractivity contribution in [3.63, 3.8) is 0 Å². The molecule has 0 fully saturated rings. The van der Waals surface area contributed by atoms with E-state index in [9.17, 15) is 8.78 Å². The van der Waals surface area contributed by atoms with Crippen LogP contribution < -0.4 is 0 Å². The molecule has 0 aliphatic carbocycles. The third kappa shape index (κ3) is 1.31. The minimum absolute atomic E-state index is 0.154. The number of hydrogen-bond donors (Lipinski definition) is 0. The zero-order valence-electron chi connectivity index (χ0n) is 6.97. The quantitative estimate of drug-likeness (QED) is 0.687. The number of aromatic nitrogens is 1. The van der Waals surface area contributed by atoms with Crippen LogP contribution in [0, 0.1) is 11.6 Å². The Balaban J connectivity index is 2.80. The number of aryl methyl sites for hydroxylation is 1. The molecule has 1 aromatic carbocycles. The lowest BCUT2D eigenvalue weighted by Crippen LogP contribution is -1.81. The van der Waals surface area contributed by atoms with Gasteiger partial charge in [-0.25, -0.2) is 13.8 Å². The van der Waals surface area contributed by atoms with E-state index in [-0.39, 0.29) is 5.52 Å². The Morgan fingerprint density at radius 2 is 2.00 bits per heavy atom. The van der Waals surface area contributed by atoms with Crippen molar-refractivity contribution >= 4 is 21.6 Å². The second kappa shape index (κ2) is 3.03. The first-order valence-electron chi connectivity index (χ1n) is 3.95. The summed E-state index contributed by atoms with van der Waals surface area (Å²) in [6, 6.07) is 2.24. The molecule has 0 saturated carbocycles. The van der Waals surface area contributed by atoms with E-state index in [1.165, 1.54) is 11.3 Å². The summed E-state index contributed by atoms with van der Waals surface area (Å²) in [7, 11) is 0. The van der Waals surface area contributed by atoms with Crippen molar-refractivity contribution in [3.05, 3.63) is 28.8 Å². The molecule has 0 aliphatic heterocycles. The van der Waals surface area contributed by atoms with Gasteiger partial charge in [0.2, 0.25) is 0 Å². The van der Waals surface area contributed by atoms with Crippen molar-refractivity contribution in [1.29, 1.82) is 0 Å². The standard InChI is InChI=1S/C9H7F2NS/c1-2-7-12-8-5(10)3-4-6(11)9(8)13-7/h3-4H,2H2,1H3. The fourth-order valence-corrected chi connectivity index (χ4v) is 2.06. The lowest BCUT2D eigenvalue weighted by molar-refractivity contribution is 0.617. The Morgan fingerprint density at radius 1 is 1.31 bits per heavy atom. The average molecular weight is 199 g/mol. The summed E-state index contributed by atoms with van der Waals surface area (Å²) in [5.74, 6) is -0.846. The van der Waals surface area contributed by atoms with Crippen LogP contribution in [0.5, 0.6) is 0 Å². The first-order chi connectivity index (χ1) is 6.22. The van der Waals surface area contributed by atoms with Gasteiger partial charge in [-0.2, -0.15) is 0 Å². The van der Waals surface area contributed by atoms with Gasteiger partial charge in [0, 0.05) is 0 Å². The van der Waals surface area contributed by atoms with Crippen molar-refractivity contribution in [2.75, 3.05) is 0 Å². The molecule has 1 nitrogen and oxygen atoms in total. The lowest BCUT2D eigenvalue weighted by atomic mass is 10.3. The highest BCUT2D eigenvalue weighted by Crippen LogP contribution is 2.26. The molecular formula is C9H7F2NS. The van der Waals surface area contributed by atoms with Gasteiger partial charge in [0.25, 0.3) is 0 Å². The first kappa shape index (κ1) is 8.56. The minimum atomic E-state index is -0.452. The second-order valence-electron chi connectivity index (χ2n) is 2.67. The van der Waals surface area contributed by atoms with Crippen LogP contribution in [0.3, 0.4) is 0 Å². The number of benzene rings is 1. The van der Waals surface area contributed by atoms with E-state index in [1.54, 1.807) is 0 Å². The van der Waals surface area contributed by atoms with E-state index in [4.69, 9.17) is 0 Å². The van der Waals surface area contributed by atoms with Gasteiger partial charge in [0.1, 0.15) is 11.3 Å². The Morgan fingerprint density at radius 3 is 2.62 bits per heavy atom. The summed E-state index contributed by atoms with van der Waals surface area (Å²) in [6.45, 7) is 1.91. The van der Waals surface area contributed by atoms with Crippen molar-refractivity contribution in [2.45, 2.75) is 13.3 Å². The van der Waals surface area contributed by atoms with Crippen LogP contribution in [-0.2, 0) is 6.42 Å². The Hall–Kier alpha value is -1.03.